The van der Waals surface area contributed by atoms with E-state index in [1.165, 1.54) is 11.8 Å². The average molecular weight is 1200 g/mol. The van der Waals surface area contributed by atoms with Gasteiger partial charge in [-0.05, 0) is 125 Å². The third-order valence-corrected chi connectivity index (χ3v) is 18.4. The highest BCUT2D eigenvalue weighted by Gasteiger charge is 2.24. The molecule has 3 heterocycles. The molecule has 9 aromatic rings. The van der Waals surface area contributed by atoms with Crippen LogP contribution >= 0.6 is 34.4 Å². The molecule has 6 aromatic carbocycles. The second-order valence-corrected chi connectivity index (χ2v) is 23.9. The molecule has 0 fully saturated rings. The molecule has 5 N–H and O–H groups in total. The van der Waals surface area contributed by atoms with Gasteiger partial charge in [-0.15, -0.1) is 32.9 Å². The number of hydrogen-bond acceptors (Lipinski definition) is 23. The number of aromatic nitrogens is 5. The summed E-state index contributed by atoms with van der Waals surface area (Å²) < 4.78 is 81.7. The largest absolute Gasteiger partial charge is 0.494 e. The Bertz CT molecular complexity index is 3860. The number of anilines is 6. The van der Waals surface area contributed by atoms with Crippen LogP contribution in [0.2, 0.25) is 0 Å². The number of hydrogen-bond donors (Lipinski definition) is 5. The molecule has 9 rings (SSSR count). The van der Waals surface area contributed by atoms with Crippen LogP contribution in [-0.2, 0) is 20.2 Å². The first kappa shape index (κ1) is 58.9. The van der Waals surface area contributed by atoms with E-state index in [1.807, 2.05) is 39.8 Å². The number of nitrogens with zero attached hydrogens (tertiary/aromatic N) is 11. The third kappa shape index (κ3) is 13.0. The molecule has 0 spiro atoms. The number of thioether (sulfide) groups is 1. The summed E-state index contributed by atoms with van der Waals surface area (Å²) in [6.45, 7) is 13.9. The van der Waals surface area contributed by atoms with Crippen molar-refractivity contribution in [2.75, 3.05) is 73.2 Å². The summed E-state index contributed by atoms with van der Waals surface area (Å²) in [7, 11) is -5.81. The Balaban J connectivity index is 1.06. The first-order valence-electron chi connectivity index (χ1n) is 25.6. The van der Waals surface area contributed by atoms with E-state index in [4.69, 9.17) is 34.7 Å². The SMILES string of the molecule is CCN(CC)c1cc(Nc2nc(Nc3cc(N(CC)CC)c(OC)cc3/N=N/c3ccc(-c4nc5ccc(C)c(S(=O)(=O)O)c5s4)cc3)nc(SCCO)n2)c(/N=N/c2ccc(-c3nc4ccc(C)c(S(=O)(=O)O)c4s3)cc2)cc1OC. The predicted octanol–water partition coefficient (Wildman–Crippen LogP) is 13.6. The highest BCUT2D eigenvalue weighted by atomic mass is 32.2. The van der Waals surface area contributed by atoms with E-state index in [2.05, 4.69) is 40.6 Å². The van der Waals surface area contributed by atoms with Gasteiger partial charge in [0.05, 0.1) is 75.4 Å². The molecular weight excluding hydrogens is 1150 g/mol. The Morgan fingerprint density at radius 3 is 1.32 bits per heavy atom. The van der Waals surface area contributed by atoms with Crippen LogP contribution in [0.25, 0.3) is 41.6 Å². The Kier molecular flexibility index (Phi) is 18.1. The molecule has 0 atom stereocenters. The van der Waals surface area contributed by atoms with Crippen molar-refractivity contribution in [3.05, 3.63) is 108 Å². The maximum Gasteiger partial charge on any atom is 0.296 e. The maximum atomic E-state index is 12.3. The number of aryl methyl sites for hydroxylation is 2. The smallest absolute Gasteiger partial charge is 0.296 e. The number of rotatable bonds is 23. The Morgan fingerprint density at radius 2 is 0.963 bits per heavy atom. The van der Waals surface area contributed by atoms with Gasteiger partial charge in [-0.25, -0.2) is 9.97 Å². The van der Waals surface area contributed by atoms with E-state index >= 15 is 0 Å². The lowest BCUT2D eigenvalue weighted by molar-refractivity contribution is 0.322. The summed E-state index contributed by atoms with van der Waals surface area (Å²) in [5, 5.41) is 36.7. The van der Waals surface area contributed by atoms with Crippen molar-refractivity contribution < 1.29 is 40.5 Å². The standard InChI is InChI=1S/C55H57N13O9S5/c1-9-67(10-2)43-27-39(41(29-45(43)76-7)65-63-35-19-15-33(16-20-35)51-56-37-23-13-31(5)49(47(37)79-51)81(70,71)72)58-53-60-54(62-55(61-53)78-26-25-69)59-40-28-44(68(11-3)12-4)46(77-8)30-42(40)66-64-36-21-17-34(18-22-36)52-57-38-24-14-32(6)50(48(38)80-52)82(73,74)75/h13-24,27-30,69H,9-12,25-26H2,1-8H3,(H,70,71,72)(H,73,74,75)(H2,58,59,60,61,62)/b65-63+,66-64+. The van der Waals surface area contributed by atoms with E-state index in [0.717, 1.165) is 34.0 Å². The molecular formula is C55H57N13O9S5. The van der Waals surface area contributed by atoms with Gasteiger partial charge < -0.3 is 35.0 Å². The lowest BCUT2D eigenvalue weighted by atomic mass is 10.2. The van der Waals surface area contributed by atoms with Gasteiger partial charge in [-0.3, -0.25) is 9.11 Å². The van der Waals surface area contributed by atoms with Crippen molar-refractivity contribution in [1.82, 2.24) is 24.9 Å². The molecule has 426 valence electrons. The van der Waals surface area contributed by atoms with Gasteiger partial charge in [0, 0.05) is 55.2 Å². The highest BCUT2D eigenvalue weighted by Crippen LogP contribution is 2.44. The van der Waals surface area contributed by atoms with Gasteiger partial charge in [-0.1, -0.05) is 23.9 Å². The molecule has 0 aliphatic heterocycles. The number of fused-ring (bicyclic) bond motifs is 2. The van der Waals surface area contributed by atoms with Gasteiger partial charge in [0.2, 0.25) is 11.9 Å². The molecule has 27 heteroatoms. The minimum atomic E-state index is -4.49. The van der Waals surface area contributed by atoms with E-state index < -0.39 is 20.2 Å². The van der Waals surface area contributed by atoms with Crippen LogP contribution < -0.4 is 29.9 Å². The molecule has 82 heavy (non-hydrogen) atoms. The summed E-state index contributed by atoms with van der Waals surface area (Å²) in [5.74, 6) is 1.66. The van der Waals surface area contributed by atoms with Crippen LogP contribution in [0.5, 0.6) is 11.5 Å². The second kappa shape index (κ2) is 25.2. The van der Waals surface area contributed by atoms with Crippen LogP contribution in [0.4, 0.5) is 57.4 Å². The number of ether oxygens (including phenoxy) is 2. The van der Waals surface area contributed by atoms with Crippen molar-refractivity contribution in [1.29, 1.82) is 0 Å². The molecule has 0 amide bonds. The predicted molar refractivity (Wildman–Crippen MR) is 325 cm³/mol. The monoisotopic (exact) mass is 1200 g/mol. The number of benzene rings is 6. The molecule has 0 saturated heterocycles. The fraction of sp³-hybridized carbons (Fsp3) is 0.255. The summed E-state index contributed by atoms with van der Waals surface area (Å²) in [4.78, 5) is 27.6. The number of thiazole rings is 2. The molecule has 0 unspecified atom stereocenters. The summed E-state index contributed by atoms with van der Waals surface area (Å²) >= 11 is 3.55. The zero-order chi connectivity index (χ0) is 58.5. The van der Waals surface area contributed by atoms with E-state index in [1.54, 1.807) is 113 Å². The topological polar surface area (TPSA) is 292 Å². The van der Waals surface area contributed by atoms with Crippen molar-refractivity contribution in [2.45, 2.75) is 56.5 Å². The molecule has 0 aliphatic carbocycles. The highest BCUT2D eigenvalue weighted by molar-refractivity contribution is 7.99. The van der Waals surface area contributed by atoms with Crippen molar-refractivity contribution in [3.63, 3.8) is 0 Å². The number of azo groups is 2. The van der Waals surface area contributed by atoms with E-state index in [-0.39, 0.29) is 34.0 Å². The van der Waals surface area contributed by atoms with Crippen molar-refractivity contribution in [2.24, 2.45) is 20.5 Å². The molecule has 0 saturated carbocycles. The number of methoxy groups -OCH3 is 2. The van der Waals surface area contributed by atoms with Gasteiger partial charge in [0.25, 0.3) is 20.2 Å². The fourth-order valence-corrected chi connectivity index (χ4v) is 14.1. The number of aliphatic hydroxyl groups excluding tert-OH is 1. The van der Waals surface area contributed by atoms with Gasteiger partial charge in [0.1, 0.15) is 42.7 Å². The van der Waals surface area contributed by atoms with Crippen molar-refractivity contribution in [3.8, 4) is 32.6 Å². The van der Waals surface area contributed by atoms with Gasteiger partial charge in [-0.2, -0.15) is 42.0 Å². The zero-order valence-electron chi connectivity index (χ0n) is 45.7. The minimum absolute atomic E-state index is 0.135. The lowest BCUT2D eigenvalue weighted by Gasteiger charge is -2.25. The third-order valence-electron chi connectivity index (χ3n) is 12.9. The summed E-state index contributed by atoms with van der Waals surface area (Å²) in [6.07, 6.45) is 0. The second-order valence-electron chi connectivity index (χ2n) is 18.1. The van der Waals surface area contributed by atoms with Crippen LogP contribution in [-0.4, -0.2) is 109 Å². The van der Waals surface area contributed by atoms with Crippen LogP contribution in [0.3, 0.4) is 0 Å². The first-order valence-corrected chi connectivity index (χ1v) is 31.1. The molecule has 3 aromatic heterocycles. The number of nitrogens with one attached hydrogen (secondary N) is 2. The Labute approximate surface area is 486 Å². The van der Waals surface area contributed by atoms with Crippen molar-refractivity contribution >= 4 is 133 Å². The lowest BCUT2D eigenvalue weighted by Crippen LogP contribution is -2.22. The minimum Gasteiger partial charge on any atom is -0.494 e. The van der Waals surface area contributed by atoms with Crippen LogP contribution in [0, 0.1) is 13.8 Å². The Hall–Kier alpha value is -7.76. The Morgan fingerprint density at radius 1 is 0.561 bits per heavy atom. The molecule has 22 nitrogen and oxygen atoms in total. The zero-order valence-corrected chi connectivity index (χ0v) is 49.8. The van der Waals surface area contributed by atoms with Crippen LogP contribution in [0.1, 0.15) is 38.8 Å². The summed E-state index contributed by atoms with van der Waals surface area (Å²) in [5.41, 5.74) is 7.42. The van der Waals surface area contributed by atoms with Crippen LogP contribution in [0.15, 0.2) is 132 Å². The maximum absolute atomic E-state index is 12.3. The van der Waals surface area contributed by atoms with E-state index in [0.29, 0.717) is 130 Å². The summed E-state index contributed by atoms with van der Waals surface area (Å²) in [6, 6.07) is 28.3. The van der Waals surface area contributed by atoms with Gasteiger partial charge in [0.15, 0.2) is 5.16 Å². The first-order chi connectivity index (χ1) is 39.4. The number of aliphatic hydroxyl groups is 1. The molecule has 0 radical (unpaired) electrons. The van der Waals surface area contributed by atoms with E-state index in [9.17, 15) is 31.0 Å². The molecule has 0 bridgehead atoms. The normalized spacial score (nSPS) is 12.0. The fourth-order valence-electron chi connectivity index (χ4n) is 8.93. The quantitative estimate of drug-likeness (QED) is 0.0226. The molecule has 0 aliphatic rings. The van der Waals surface area contributed by atoms with Gasteiger partial charge >= 0.3 is 0 Å². The average Bonchev–Trinajstić information content (AvgIpc) is 4.16.